The second kappa shape index (κ2) is 6.10. The van der Waals surface area contributed by atoms with Crippen molar-refractivity contribution >= 4 is 17.3 Å². The Bertz CT molecular complexity index is 552. The lowest BCUT2D eigenvalue weighted by atomic mass is 10.2. The van der Waals surface area contributed by atoms with E-state index in [4.69, 9.17) is 9.68 Å². The lowest BCUT2D eigenvalue weighted by molar-refractivity contribution is 0.567. The van der Waals surface area contributed by atoms with Gasteiger partial charge in [-0.25, -0.2) is 0 Å². The number of hydrogen-bond donors (Lipinski definition) is 0. The first-order valence-corrected chi connectivity index (χ1v) is 6.73. The summed E-state index contributed by atoms with van der Waals surface area (Å²) in [7, 11) is 0. The van der Waals surface area contributed by atoms with Crippen molar-refractivity contribution in [2.45, 2.75) is 5.75 Å². The molecule has 0 spiro atoms. The van der Waals surface area contributed by atoms with E-state index in [1.807, 2.05) is 12.1 Å². The molecule has 0 saturated heterocycles. The summed E-state index contributed by atoms with van der Waals surface area (Å²) in [4.78, 5) is 0. The zero-order valence-electron chi connectivity index (χ0n) is 9.58. The molecular formula is C14H11NO2S. The number of furan rings is 1. The third-order valence-corrected chi connectivity index (χ3v) is 3.40. The molecule has 0 fully saturated rings. The molecule has 0 saturated carbocycles. The zero-order chi connectivity index (χ0) is 12.8. The van der Waals surface area contributed by atoms with E-state index >= 15 is 0 Å². The number of hydrogen-bond acceptors (Lipinski definition) is 3. The normalized spacial score (nSPS) is 12.4. The minimum Gasteiger partial charge on any atom is -0.612 e. The second-order valence-electron chi connectivity index (χ2n) is 3.69. The van der Waals surface area contributed by atoms with Crippen LogP contribution in [0.15, 0.2) is 52.7 Å². The fourth-order valence-corrected chi connectivity index (χ4v) is 2.34. The van der Waals surface area contributed by atoms with Crippen LogP contribution in [0, 0.1) is 11.3 Å². The van der Waals surface area contributed by atoms with Gasteiger partial charge in [0, 0.05) is 11.1 Å². The molecule has 0 amide bonds. The first-order valence-electron chi connectivity index (χ1n) is 5.34. The summed E-state index contributed by atoms with van der Waals surface area (Å²) in [6, 6.07) is 11.0. The fraction of sp³-hybridized carbons (Fsp3) is 0.0714. The summed E-state index contributed by atoms with van der Waals surface area (Å²) >= 11 is -1.07. The molecule has 0 aliphatic rings. The van der Waals surface area contributed by atoms with E-state index in [0.717, 1.165) is 11.1 Å². The van der Waals surface area contributed by atoms with E-state index < -0.39 is 11.2 Å². The molecule has 4 heteroatoms. The average molecular weight is 257 g/mol. The smallest absolute Gasteiger partial charge is 0.135 e. The molecule has 1 aromatic carbocycles. The molecule has 2 rings (SSSR count). The standard InChI is InChI=1S/C14H11NO2S/c15-9-12-1-3-14(4-2-12)11-18(16)8-6-13-5-7-17-10-13/h1-8,10H,11H2/b8-6+. The molecule has 0 radical (unpaired) electrons. The van der Waals surface area contributed by atoms with Gasteiger partial charge in [-0.15, -0.1) is 0 Å². The van der Waals surface area contributed by atoms with Crippen LogP contribution in [0.4, 0.5) is 0 Å². The van der Waals surface area contributed by atoms with Crippen LogP contribution in [-0.2, 0) is 16.9 Å². The largest absolute Gasteiger partial charge is 0.612 e. The maximum Gasteiger partial charge on any atom is 0.135 e. The van der Waals surface area contributed by atoms with Crippen LogP contribution in [0.1, 0.15) is 16.7 Å². The summed E-state index contributed by atoms with van der Waals surface area (Å²) in [6.07, 6.45) is 4.93. The third kappa shape index (κ3) is 3.52. The van der Waals surface area contributed by atoms with Crippen molar-refractivity contribution in [3.63, 3.8) is 0 Å². The van der Waals surface area contributed by atoms with Gasteiger partial charge in [0.1, 0.15) is 11.2 Å². The average Bonchev–Trinajstić information content (AvgIpc) is 2.90. The Labute approximate surface area is 109 Å². The molecule has 0 aliphatic heterocycles. The van der Waals surface area contributed by atoms with Crippen molar-refractivity contribution in [2.24, 2.45) is 0 Å². The summed E-state index contributed by atoms with van der Waals surface area (Å²) in [5, 5.41) is 10.3. The molecule has 1 heterocycles. The van der Waals surface area contributed by atoms with Gasteiger partial charge in [-0.05, 0) is 35.5 Å². The van der Waals surface area contributed by atoms with Crippen LogP contribution in [0.2, 0.25) is 0 Å². The molecule has 90 valence electrons. The van der Waals surface area contributed by atoms with Gasteiger partial charge in [-0.1, -0.05) is 12.1 Å². The molecule has 0 bridgehead atoms. The van der Waals surface area contributed by atoms with E-state index in [1.54, 1.807) is 42.2 Å². The van der Waals surface area contributed by atoms with E-state index in [-0.39, 0.29) is 0 Å². The highest BCUT2D eigenvalue weighted by molar-refractivity contribution is 7.93. The molecular weight excluding hydrogens is 246 g/mol. The Morgan fingerprint density at radius 1 is 1.28 bits per heavy atom. The summed E-state index contributed by atoms with van der Waals surface area (Å²) < 4.78 is 16.7. The van der Waals surface area contributed by atoms with E-state index in [0.29, 0.717) is 11.3 Å². The van der Waals surface area contributed by atoms with Crippen molar-refractivity contribution < 1.29 is 8.97 Å². The van der Waals surface area contributed by atoms with E-state index in [1.165, 1.54) is 0 Å². The molecule has 1 atom stereocenters. The fourth-order valence-electron chi connectivity index (χ4n) is 1.41. The number of rotatable bonds is 4. The van der Waals surface area contributed by atoms with E-state index in [9.17, 15) is 4.55 Å². The molecule has 1 aromatic heterocycles. The second-order valence-corrected chi connectivity index (χ2v) is 5.02. The van der Waals surface area contributed by atoms with Crippen LogP contribution in [0.25, 0.3) is 6.08 Å². The van der Waals surface area contributed by atoms with Crippen molar-refractivity contribution in [3.8, 4) is 6.07 Å². The Hall–Kier alpha value is -1.96. The lowest BCUT2D eigenvalue weighted by Crippen LogP contribution is -1.99. The minimum absolute atomic E-state index is 0.445. The van der Waals surface area contributed by atoms with Gasteiger partial charge in [-0.3, -0.25) is 0 Å². The van der Waals surface area contributed by atoms with Crippen LogP contribution in [0.5, 0.6) is 0 Å². The maximum absolute atomic E-state index is 11.8. The van der Waals surface area contributed by atoms with E-state index in [2.05, 4.69) is 6.07 Å². The quantitative estimate of drug-likeness (QED) is 0.791. The number of nitriles is 1. The monoisotopic (exact) mass is 257 g/mol. The minimum atomic E-state index is -1.07. The SMILES string of the molecule is N#Cc1ccc(C[S+]([O-])/C=C/c2ccoc2)cc1. The Kier molecular flexibility index (Phi) is 4.24. The van der Waals surface area contributed by atoms with Gasteiger partial charge < -0.3 is 8.97 Å². The van der Waals surface area contributed by atoms with Gasteiger partial charge in [0.15, 0.2) is 0 Å². The highest BCUT2D eigenvalue weighted by atomic mass is 32.2. The predicted octanol–water partition coefficient (Wildman–Crippen LogP) is 3.07. The molecule has 3 nitrogen and oxygen atoms in total. The van der Waals surface area contributed by atoms with Crippen LogP contribution in [0.3, 0.4) is 0 Å². The molecule has 1 unspecified atom stereocenters. The highest BCUT2D eigenvalue weighted by Crippen LogP contribution is 2.11. The first kappa shape index (κ1) is 12.5. The topological polar surface area (TPSA) is 60.0 Å². The van der Waals surface area contributed by atoms with Gasteiger partial charge in [0.25, 0.3) is 0 Å². The first-order chi connectivity index (χ1) is 8.78. The maximum atomic E-state index is 11.8. The Morgan fingerprint density at radius 3 is 2.67 bits per heavy atom. The lowest BCUT2D eigenvalue weighted by Gasteiger charge is -2.05. The molecule has 0 aliphatic carbocycles. The predicted molar refractivity (Wildman–Crippen MR) is 70.7 cm³/mol. The summed E-state index contributed by atoms with van der Waals surface area (Å²) in [6.45, 7) is 0. The van der Waals surface area contributed by atoms with Crippen molar-refractivity contribution in [1.29, 1.82) is 5.26 Å². The van der Waals surface area contributed by atoms with Gasteiger partial charge >= 0.3 is 0 Å². The molecule has 18 heavy (non-hydrogen) atoms. The molecule has 2 aromatic rings. The van der Waals surface area contributed by atoms with Gasteiger partial charge in [0.05, 0.1) is 24.2 Å². The van der Waals surface area contributed by atoms with Crippen LogP contribution in [-0.4, -0.2) is 4.55 Å². The van der Waals surface area contributed by atoms with Crippen LogP contribution < -0.4 is 0 Å². The highest BCUT2D eigenvalue weighted by Gasteiger charge is 2.04. The Balaban J connectivity index is 1.94. The van der Waals surface area contributed by atoms with Crippen LogP contribution >= 0.6 is 0 Å². The number of nitrogens with zero attached hydrogens (tertiary/aromatic N) is 1. The van der Waals surface area contributed by atoms with Crippen molar-refractivity contribution in [3.05, 3.63) is 65.0 Å². The van der Waals surface area contributed by atoms with Crippen molar-refractivity contribution in [2.75, 3.05) is 0 Å². The van der Waals surface area contributed by atoms with Gasteiger partial charge in [-0.2, -0.15) is 5.26 Å². The third-order valence-electron chi connectivity index (χ3n) is 2.35. The van der Waals surface area contributed by atoms with Gasteiger partial charge in [0.2, 0.25) is 0 Å². The Morgan fingerprint density at radius 2 is 2.06 bits per heavy atom. The summed E-state index contributed by atoms with van der Waals surface area (Å²) in [5.74, 6) is 0.445. The number of benzene rings is 1. The zero-order valence-corrected chi connectivity index (χ0v) is 10.4. The molecule has 0 N–H and O–H groups in total. The van der Waals surface area contributed by atoms with Crippen molar-refractivity contribution in [1.82, 2.24) is 0 Å². The summed E-state index contributed by atoms with van der Waals surface area (Å²) in [5.41, 5.74) is 2.45.